The van der Waals surface area contributed by atoms with E-state index in [0.29, 0.717) is 12.0 Å². The van der Waals surface area contributed by atoms with Crippen LogP contribution in [-0.4, -0.2) is 22.3 Å². The summed E-state index contributed by atoms with van der Waals surface area (Å²) >= 11 is 0. The van der Waals surface area contributed by atoms with Crippen molar-refractivity contribution >= 4 is 14.0 Å². The van der Waals surface area contributed by atoms with Crippen LogP contribution in [0.1, 0.15) is 36.2 Å². The number of hydrogen-bond acceptors (Lipinski definition) is 4. The molecular formula is C12H15O5P. The Hall–Kier alpha value is -1.45. The molecule has 0 fully saturated rings. The van der Waals surface area contributed by atoms with Crippen molar-refractivity contribution < 1.29 is 24.5 Å². The molecule has 0 radical (unpaired) electrons. The summed E-state index contributed by atoms with van der Waals surface area (Å²) in [5, 5.41) is 18.3. The highest BCUT2D eigenvalue weighted by Crippen LogP contribution is 2.32. The maximum Gasteiger partial charge on any atom is 0.339 e. The first-order valence-corrected chi connectivity index (χ1v) is 6.79. The number of phenols is 1. The summed E-state index contributed by atoms with van der Waals surface area (Å²) in [6.45, 7) is 3.67. The number of benzene rings is 1. The Morgan fingerprint density at radius 1 is 1.44 bits per heavy atom. The predicted octanol–water partition coefficient (Wildman–Crippen LogP) is 1.86. The highest BCUT2D eigenvalue weighted by Gasteiger charge is 2.25. The summed E-state index contributed by atoms with van der Waals surface area (Å²) in [4.78, 5) is 21.5. The summed E-state index contributed by atoms with van der Waals surface area (Å²) in [5.41, 5.74) is 0.0504. The summed E-state index contributed by atoms with van der Waals surface area (Å²) in [5.74, 6) is -1.50. The second kappa shape index (κ2) is 5.46. The van der Waals surface area contributed by atoms with E-state index in [-0.39, 0.29) is 17.5 Å². The van der Waals surface area contributed by atoms with Gasteiger partial charge in [-0.25, -0.2) is 4.79 Å². The maximum atomic E-state index is 10.9. The fraction of sp³-hybridized carbons (Fsp3) is 0.417. The Morgan fingerprint density at radius 3 is 2.56 bits per heavy atom. The third kappa shape index (κ3) is 3.52. The highest BCUT2D eigenvalue weighted by atomic mass is 31.1. The summed E-state index contributed by atoms with van der Waals surface area (Å²) in [6, 6.07) is 4.31. The van der Waals surface area contributed by atoms with Crippen LogP contribution >= 0.6 is 8.03 Å². The van der Waals surface area contributed by atoms with Gasteiger partial charge in [0, 0.05) is 6.42 Å². The largest absolute Gasteiger partial charge is 0.596 e. The van der Waals surface area contributed by atoms with Gasteiger partial charge in [0.1, 0.15) is 17.5 Å². The Bertz CT molecular complexity index is 481. The molecular weight excluding hydrogens is 255 g/mol. The minimum Gasteiger partial charge on any atom is -0.596 e. The lowest BCUT2D eigenvalue weighted by Gasteiger charge is -2.24. The third-order valence-corrected chi connectivity index (χ3v) is 3.52. The summed E-state index contributed by atoms with van der Waals surface area (Å²) < 4.78 is 10.6. The van der Waals surface area contributed by atoms with Crippen molar-refractivity contribution in [2.45, 2.75) is 25.7 Å². The zero-order valence-electron chi connectivity index (χ0n) is 10.2. The molecule has 2 N–H and O–H groups in total. The van der Waals surface area contributed by atoms with Gasteiger partial charge in [-0.2, -0.15) is 0 Å². The van der Waals surface area contributed by atoms with E-state index in [0.717, 1.165) is 0 Å². The van der Waals surface area contributed by atoms with Crippen molar-refractivity contribution in [3.63, 3.8) is 0 Å². The fourth-order valence-corrected chi connectivity index (χ4v) is 2.39. The van der Waals surface area contributed by atoms with Gasteiger partial charge in [0.25, 0.3) is 0 Å². The average molecular weight is 270 g/mol. The van der Waals surface area contributed by atoms with Crippen LogP contribution in [0.15, 0.2) is 18.2 Å². The number of carbonyl (C=O) groups is 1. The Morgan fingerprint density at radius 2 is 2.06 bits per heavy atom. The van der Waals surface area contributed by atoms with E-state index in [9.17, 15) is 19.4 Å². The molecule has 0 saturated carbocycles. The summed E-state index contributed by atoms with van der Waals surface area (Å²) in [7, 11) is -2.45. The van der Waals surface area contributed by atoms with E-state index >= 15 is 0 Å². The molecule has 1 aromatic carbocycles. The van der Waals surface area contributed by atoms with Crippen LogP contribution in [0.5, 0.6) is 5.75 Å². The molecule has 1 aromatic rings. The molecule has 1 rings (SSSR count). The first kappa shape index (κ1) is 14.6. The molecule has 0 spiro atoms. The number of rotatable bonds is 5. The minimum atomic E-state index is -2.45. The zero-order chi connectivity index (χ0) is 13.9. The standard InChI is InChI=1S/C12H15O5P/c1-12(2,5-6-18(16)17)8-3-4-10(13)9(7-8)11(14)15/h3-4,7,13H,5-6H2,1-2H3,(H,14,15). The Labute approximate surface area is 106 Å². The molecule has 0 aliphatic carbocycles. The van der Waals surface area contributed by atoms with Gasteiger partial charge in [0.05, 0.1) is 0 Å². The van der Waals surface area contributed by atoms with Crippen molar-refractivity contribution in [1.82, 2.24) is 0 Å². The van der Waals surface area contributed by atoms with Gasteiger partial charge < -0.3 is 15.1 Å². The number of aromatic carboxylic acids is 1. The smallest absolute Gasteiger partial charge is 0.339 e. The second-order valence-electron chi connectivity index (χ2n) is 4.73. The lowest BCUT2D eigenvalue weighted by atomic mass is 9.81. The average Bonchev–Trinajstić information content (AvgIpc) is 2.26. The lowest BCUT2D eigenvalue weighted by molar-refractivity contribution is -0.164. The molecule has 1 atom stereocenters. The molecule has 98 valence electrons. The van der Waals surface area contributed by atoms with Crippen LogP contribution in [0.25, 0.3) is 0 Å². The van der Waals surface area contributed by atoms with Gasteiger partial charge in [-0.15, -0.1) is 0 Å². The summed E-state index contributed by atoms with van der Waals surface area (Å²) in [6.07, 6.45) is 0.446. The van der Waals surface area contributed by atoms with Crippen LogP contribution < -0.4 is 4.89 Å². The van der Waals surface area contributed by atoms with E-state index < -0.39 is 19.4 Å². The minimum absolute atomic E-state index is 0.0472. The van der Waals surface area contributed by atoms with E-state index in [4.69, 9.17) is 5.11 Å². The topological polar surface area (TPSA) is 97.7 Å². The molecule has 0 heterocycles. The van der Waals surface area contributed by atoms with Gasteiger partial charge in [-0.3, -0.25) is 0 Å². The van der Waals surface area contributed by atoms with Gasteiger partial charge in [-0.05, 0) is 23.1 Å². The zero-order valence-corrected chi connectivity index (χ0v) is 11.1. The molecule has 0 aliphatic heterocycles. The van der Waals surface area contributed by atoms with Crippen molar-refractivity contribution in [1.29, 1.82) is 0 Å². The molecule has 5 nitrogen and oxygen atoms in total. The van der Waals surface area contributed by atoms with Gasteiger partial charge in [-0.1, -0.05) is 24.5 Å². The quantitative estimate of drug-likeness (QED) is 0.796. The molecule has 0 aromatic heterocycles. The van der Waals surface area contributed by atoms with Crippen molar-refractivity contribution in [2.75, 3.05) is 6.16 Å². The van der Waals surface area contributed by atoms with E-state index in [1.807, 2.05) is 13.8 Å². The van der Waals surface area contributed by atoms with E-state index in [1.165, 1.54) is 12.1 Å². The highest BCUT2D eigenvalue weighted by molar-refractivity contribution is 7.36. The normalized spacial score (nSPS) is 12.3. The molecule has 0 saturated heterocycles. The van der Waals surface area contributed by atoms with Crippen LogP contribution in [0.3, 0.4) is 0 Å². The molecule has 18 heavy (non-hydrogen) atoms. The molecule has 6 heteroatoms. The van der Waals surface area contributed by atoms with Crippen molar-refractivity contribution in [3.8, 4) is 5.75 Å². The number of aromatic hydroxyl groups is 1. The predicted molar refractivity (Wildman–Crippen MR) is 65.2 cm³/mol. The monoisotopic (exact) mass is 270 g/mol. The van der Waals surface area contributed by atoms with Crippen molar-refractivity contribution in [2.24, 2.45) is 0 Å². The van der Waals surface area contributed by atoms with Crippen LogP contribution in [0, 0.1) is 0 Å². The third-order valence-electron chi connectivity index (χ3n) is 2.93. The number of carboxylic acids is 1. The lowest BCUT2D eigenvalue weighted by Crippen LogP contribution is -2.19. The fourth-order valence-electron chi connectivity index (χ4n) is 1.64. The first-order valence-electron chi connectivity index (χ1n) is 5.42. The maximum absolute atomic E-state index is 10.9. The first-order chi connectivity index (χ1) is 8.24. The van der Waals surface area contributed by atoms with Gasteiger partial charge in [0.2, 0.25) is 0 Å². The number of hydrogen-bond donors (Lipinski definition) is 2. The van der Waals surface area contributed by atoms with Crippen LogP contribution in [-0.2, 0) is 9.98 Å². The van der Waals surface area contributed by atoms with Crippen LogP contribution in [0.2, 0.25) is 0 Å². The SMILES string of the molecule is CC(C)(CC[P+](=O)[O-])c1ccc(O)c(C(=O)O)c1. The molecule has 1 unspecified atom stereocenters. The van der Waals surface area contributed by atoms with Crippen LogP contribution in [0.4, 0.5) is 0 Å². The molecule has 0 aliphatic rings. The molecule has 0 bridgehead atoms. The number of carboxylic acid groups (broad SMARTS) is 1. The van der Waals surface area contributed by atoms with Gasteiger partial charge >= 0.3 is 14.0 Å². The Kier molecular flexibility index (Phi) is 4.43. The Balaban J connectivity index is 3.05. The van der Waals surface area contributed by atoms with E-state index in [2.05, 4.69) is 0 Å². The second-order valence-corrected chi connectivity index (χ2v) is 5.84. The molecule has 0 amide bonds. The van der Waals surface area contributed by atoms with Gasteiger partial charge in [0.15, 0.2) is 0 Å². The van der Waals surface area contributed by atoms with E-state index in [1.54, 1.807) is 6.07 Å². The van der Waals surface area contributed by atoms with Crippen molar-refractivity contribution in [3.05, 3.63) is 29.3 Å².